The van der Waals surface area contributed by atoms with Gasteiger partial charge in [-0.05, 0) is 87.2 Å². The van der Waals surface area contributed by atoms with Crippen LogP contribution in [-0.2, 0) is 20.1 Å². The van der Waals surface area contributed by atoms with Crippen LogP contribution in [0.25, 0.3) is 77.8 Å². The van der Waals surface area contributed by atoms with Crippen LogP contribution in [0, 0.1) is 37.5 Å². The van der Waals surface area contributed by atoms with E-state index < -0.39 is 25.3 Å². The first-order valence-electron chi connectivity index (χ1n) is 22.5. The Kier molecular flexibility index (Phi) is 10.5. The molecule has 3 heterocycles. The molecular weight excluding hydrogens is 923 g/mol. The van der Waals surface area contributed by atoms with E-state index in [0.717, 1.165) is 27.6 Å². The molecule has 0 aliphatic carbocycles. The number of rotatable bonds is 7. The van der Waals surface area contributed by atoms with Crippen molar-refractivity contribution in [2.45, 2.75) is 53.2 Å². The Morgan fingerprint density at radius 2 is 1.30 bits per heavy atom. The number of pyridine rings is 2. The quantitative estimate of drug-likeness (QED) is 0.149. The van der Waals surface area contributed by atoms with Crippen LogP contribution in [0.3, 0.4) is 0 Å². The molecule has 9 aromatic rings. The average Bonchev–Trinajstić information content (AvgIpc) is 3.68. The molecule has 0 spiro atoms. The van der Waals surface area contributed by atoms with Crippen molar-refractivity contribution in [2.24, 2.45) is 0 Å². The number of aromatic nitrogens is 2. The van der Waals surface area contributed by atoms with Crippen LogP contribution in [-0.4, -0.2) is 9.97 Å². The maximum Gasteiger partial charge on any atom is 0.134 e. The first-order chi connectivity index (χ1) is 31.0. The fourth-order valence-electron chi connectivity index (χ4n) is 7.52. The van der Waals surface area contributed by atoms with Gasteiger partial charge in [-0.1, -0.05) is 130 Å². The Bertz CT molecular complexity index is 3040. The smallest absolute Gasteiger partial charge is 0.134 e. The largest absolute Gasteiger partial charge is 0.500 e. The van der Waals surface area contributed by atoms with Gasteiger partial charge in [-0.3, -0.25) is 0 Å². The van der Waals surface area contributed by atoms with Crippen LogP contribution in [0.2, 0.25) is 0 Å². The van der Waals surface area contributed by atoms with Gasteiger partial charge < -0.3 is 14.4 Å². The number of benzene rings is 6. The molecule has 0 saturated heterocycles. The van der Waals surface area contributed by atoms with Crippen molar-refractivity contribution in [3.8, 4) is 55.9 Å². The maximum absolute atomic E-state index is 15.7. The third-order valence-electron chi connectivity index (χ3n) is 10.4. The third-order valence-corrected chi connectivity index (χ3v) is 10.4. The zero-order valence-electron chi connectivity index (χ0n) is 39.4. The van der Waals surface area contributed by atoms with Crippen molar-refractivity contribution in [1.82, 2.24) is 9.97 Å². The molecule has 0 aliphatic heterocycles. The summed E-state index contributed by atoms with van der Waals surface area (Å²) >= 11 is 0. The molecule has 3 nitrogen and oxygen atoms in total. The van der Waals surface area contributed by atoms with Crippen LogP contribution in [0.4, 0.5) is 8.78 Å². The monoisotopic (exact) mass is 973 g/mol. The molecule has 9 rings (SSSR count). The molecule has 3 aromatic heterocycles. The first kappa shape index (κ1) is 34.8. The number of aryl methyl sites for hydroxylation is 2. The van der Waals surface area contributed by atoms with Gasteiger partial charge in [-0.25, -0.2) is 8.78 Å². The van der Waals surface area contributed by atoms with Gasteiger partial charge in [0.1, 0.15) is 17.2 Å². The molecule has 0 aliphatic rings. The second-order valence-corrected chi connectivity index (χ2v) is 15.0. The normalized spacial score (nSPS) is 13.1. The van der Waals surface area contributed by atoms with E-state index in [1.54, 1.807) is 18.2 Å². The molecule has 301 valence electrons. The predicted octanol–water partition coefficient (Wildman–Crippen LogP) is 15.1. The van der Waals surface area contributed by atoms with Crippen molar-refractivity contribution in [3.63, 3.8) is 0 Å². The number of hydrogen-bond acceptors (Lipinski definition) is 3. The molecule has 1 radical (unpaired) electrons. The fourth-order valence-corrected chi connectivity index (χ4v) is 7.52. The molecule has 0 bridgehead atoms. The van der Waals surface area contributed by atoms with E-state index in [1.807, 2.05) is 60.8 Å². The van der Waals surface area contributed by atoms with Gasteiger partial charge >= 0.3 is 0 Å². The summed E-state index contributed by atoms with van der Waals surface area (Å²) in [4.78, 5) is 8.82. The van der Waals surface area contributed by atoms with Gasteiger partial charge in [0.15, 0.2) is 0 Å². The maximum atomic E-state index is 15.7. The minimum Gasteiger partial charge on any atom is -0.500 e. The zero-order chi connectivity index (χ0) is 46.2. The zero-order valence-corrected chi connectivity index (χ0v) is 35.8. The Morgan fingerprint density at radius 1 is 0.600 bits per heavy atom. The van der Waals surface area contributed by atoms with E-state index in [0.29, 0.717) is 50.9 Å². The summed E-state index contributed by atoms with van der Waals surface area (Å²) in [5.41, 5.74) is 10.3. The van der Waals surface area contributed by atoms with Gasteiger partial charge in [0.25, 0.3) is 0 Å². The van der Waals surface area contributed by atoms with Crippen molar-refractivity contribution < 1.29 is 41.5 Å². The van der Waals surface area contributed by atoms with Crippen LogP contribution in [0.1, 0.15) is 70.0 Å². The molecule has 0 atom stereocenters. The standard InChI is InChI=1S/C41H32F2NO.C13H12N.Ir/c1-24(2)29-13-8-14-30(25(3)4)38(29)27-19-20-44-37(23-27)33-17-9-15-31-32-16-10-18-34(41(32)45-40(31)33)39-35(42)21-28(22-36(39)43)26-11-6-5-7-12-26;1-10-3-6-12(7-4-10)13-8-5-11(2)9-14-13;/h5-16,18-25H,1-4H3;3-6,8-9H,1-2H3;/q2*-1;/i;1D3,2D3;. The Labute approximate surface area is 373 Å². The van der Waals surface area contributed by atoms with E-state index >= 15 is 8.78 Å². The summed E-state index contributed by atoms with van der Waals surface area (Å²) in [6.45, 7) is 4.52. The van der Waals surface area contributed by atoms with Gasteiger partial charge in [-0.15, -0.1) is 53.6 Å². The van der Waals surface area contributed by atoms with Crippen LogP contribution in [0.15, 0.2) is 150 Å². The van der Waals surface area contributed by atoms with Crippen molar-refractivity contribution in [3.05, 3.63) is 192 Å². The number of furan rings is 1. The van der Waals surface area contributed by atoms with Gasteiger partial charge in [0.05, 0.1) is 11.1 Å². The molecule has 0 N–H and O–H groups in total. The molecule has 60 heavy (non-hydrogen) atoms. The van der Waals surface area contributed by atoms with Crippen molar-refractivity contribution in [1.29, 1.82) is 0 Å². The molecule has 0 amide bonds. The molecule has 6 aromatic carbocycles. The fraction of sp³-hybridized carbons (Fsp3) is 0.148. The first-order valence-corrected chi connectivity index (χ1v) is 19.5. The number of nitrogens with zero attached hydrogens (tertiary/aromatic N) is 2. The Hall–Kier alpha value is -6.07. The summed E-state index contributed by atoms with van der Waals surface area (Å²) in [6, 6.07) is 45.7. The molecule has 0 fully saturated rings. The van der Waals surface area contributed by atoms with Crippen LogP contribution >= 0.6 is 0 Å². The third kappa shape index (κ3) is 8.49. The topological polar surface area (TPSA) is 38.9 Å². The Balaban J connectivity index is 0.000000260. The number of fused-ring (bicyclic) bond motifs is 3. The molecule has 0 saturated carbocycles. The molecule has 6 heteroatoms. The van der Waals surface area contributed by atoms with Crippen molar-refractivity contribution >= 4 is 21.9 Å². The number of halogens is 2. The van der Waals surface area contributed by atoms with Gasteiger partial charge in [0.2, 0.25) is 0 Å². The number of para-hydroxylation sites is 1. The van der Waals surface area contributed by atoms with E-state index in [1.165, 1.54) is 53.2 Å². The van der Waals surface area contributed by atoms with Crippen LogP contribution < -0.4 is 0 Å². The number of hydrogen-bond donors (Lipinski definition) is 0. The Morgan fingerprint density at radius 3 is 1.95 bits per heavy atom. The van der Waals surface area contributed by atoms with E-state index in [9.17, 15) is 0 Å². The summed E-state index contributed by atoms with van der Waals surface area (Å²) < 4.78 is 81.5. The van der Waals surface area contributed by atoms with E-state index in [4.69, 9.17) is 17.6 Å². The SMILES string of the molecule is CC(C)c1cccc(C(C)C)c1-c1ccnc(-c2[c-]ccc3c2oc2c(-c4c(F)cc(-c5ccccc5)cc4F)cccc23)c1.[2H]C([2H])([2H])c1c[c-]c(-c2ccc(C([2H])([2H])[2H])cn2)cc1.[Ir]. The average molecular weight is 973 g/mol. The summed E-state index contributed by atoms with van der Waals surface area (Å²) in [7, 11) is 0. The summed E-state index contributed by atoms with van der Waals surface area (Å²) in [6.07, 6.45) is 3.12. The minimum atomic E-state index is -2.18. The van der Waals surface area contributed by atoms with E-state index in [-0.39, 0.29) is 36.8 Å². The second kappa shape index (κ2) is 18.0. The van der Waals surface area contributed by atoms with Gasteiger partial charge in [-0.2, -0.15) is 0 Å². The van der Waals surface area contributed by atoms with Crippen molar-refractivity contribution in [2.75, 3.05) is 0 Å². The van der Waals surface area contributed by atoms with Crippen LogP contribution in [0.5, 0.6) is 0 Å². The molecule has 0 unspecified atom stereocenters. The van der Waals surface area contributed by atoms with E-state index in [2.05, 4.69) is 75.1 Å². The predicted molar refractivity (Wildman–Crippen MR) is 238 cm³/mol. The minimum absolute atomic E-state index is 0. The molecular formula is C54H44F2IrN2O-2. The second-order valence-electron chi connectivity index (χ2n) is 15.0. The summed E-state index contributed by atoms with van der Waals surface area (Å²) in [5, 5.41) is 1.60. The van der Waals surface area contributed by atoms with Gasteiger partial charge in [0, 0.05) is 51.7 Å². The summed E-state index contributed by atoms with van der Waals surface area (Å²) in [5.74, 6) is -0.594.